The molecule has 0 aromatic heterocycles. The van der Waals surface area contributed by atoms with Crippen molar-refractivity contribution >= 4 is 11.9 Å². The van der Waals surface area contributed by atoms with E-state index >= 15 is 0 Å². The zero-order valence-electron chi connectivity index (χ0n) is 16.0. The van der Waals surface area contributed by atoms with Gasteiger partial charge in [-0.2, -0.15) is 0 Å². The van der Waals surface area contributed by atoms with Gasteiger partial charge in [0.1, 0.15) is 0 Å². The van der Waals surface area contributed by atoms with Crippen LogP contribution in [0.15, 0.2) is 0 Å². The maximum absolute atomic E-state index is 10.6. The minimum absolute atomic E-state index is 0.138. The van der Waals surface area contributed by atoms with Gasteiger partial charge in [0.05, 0.1) is 6.42 Å². The van der Waals surface area contributed by atoms with Crippen molar-refractivity contribution in [2.24, 2.45) is 34.6 Å². The van der Waals surface area contributed by atoms with E-state index in [0.29, 0.717) is 23.8 Å². The highest BCUT2D eigenvalue weighted by Crippen LogP contribution is 2.60. The second-order valence-electron chi connectivity index (χ2n) is 8.65. The van der Waals surface area contributed by atoms with Gasteiger partial charge < -0.3 is 21.7 Å². The van der Waals surface area contributed by atoms with Crippen LogP contribution in [0.2, 0.25) is 0 Å². The molecule has 3 unspecified atom stereocenters. The molecule has 2 rings (SSSR count). The number of nitrogens with two attached hydrogens (primary N) is 2. The SMILES string of the molecule is CC12CCC1CC(N)(CC(=O)O)C2.CC[C@@H](C)C[C@H](CN)CC(=O)O. The lowest BCUT2D eigenvalue weighted by atomic mass is 9.63. The van der Waals surface area contributed by atoms with Crippen molar-refractivity contribution in [1.82, 2.24) is 0 Å². The Balaban J connectivity index is 0.000000252. The van der Waals surface area contributed by atoms with E-state index in [2.05, 4.69) is 20.8 Å². The van der Waals surface area contributed by atoms with E-state index in [1.165, 1.54) is 12.8 Å². The topological polar surface area (TPSA) is 127 Å². The Morgan fingerprint density at radius 1 is 1.28 bits per heavy atom. The van der Waals surface area contributed by atoms with Crippen LogP contribution in [-0.2, 0) is 9.59 Å². The number of hydrogen-bond donors (Lipinski definition) is 4. The van der Waals surface area contributed by atoms with Crippen LogP contribution in [0.4, 0.5) is 0 Å². The molecule has 0 radical (unpaired) electrons. The van der Waals surface area contributed by atoms with Gasteiger partial charge in [-0.05, 0) is 61.8 Å². The molecule has 0 saturated heterocycles. The molecule has 25 heavy (non-hydrogen) atoms. The number of carbonyl (C=O) groups is 2. The van der Waals surface area contributed by atoms with Crippen LogP contribution in [0.3, 0.4) is 0 Å². The minimum Gasteiger partial charge on any atom is -0.481 e. The number of hydrogen-bond acceptors (Lipinski definition) is 4. The average Bonchev–Trinajstić information content (AvgIpc) is 2.66. The molecule has 0 heterocycles. The van der Waals surface area contributed by atoms with Gasteiger partial charge in [-0.15, -0.1) is 0 Å². The molecule has 2 aliphatic carbocycles. The largest absolute Gasteiger partial charge is 0.481 e. The van der Waals surface area contributed by atoms with Gasteiger partial charge in [0, 0.05) is 12.0 Å². The van der Waals surface area contributed by atoms with Crippen LogP contribution in [-0.4, -0.2) is 34.2 Å². The predicted molar refractivity (Wildman–Crippen MR) is 98.1 cm³/mol. The zero-order valence-corrected chi connectivity index (χ0v) is 16.0. The van der Waals surface area contributed by atoms with Crippen molar-refractivity contribution in [3.63, 3.8) is 0 Å². The third-order valence-corrected chi connectivity index (χ3v) is 6.19. The molecule has 0 aliphatic heterocycles. The first-order valence-corrected chi connectivity index (χ1v) is 9.46. The summed E-state index contributed by atoms with van der Waals surface area (Å²) in [4.78, 5) is 21.0. The van der Waals surface area contributed by atoms with E-state index in [0.717, 1.165) is 25.7 Å². The van der Waals surface area contributed by atoms with Crippen molar-refractivity contribution < 1.29 is 19.8 Å². The molecule has 0 aromatic rings. The summed E-state index contributed by atoms with van der Waals surface area (Å²) in [5, 5.41) is 17.3. The lowest BCUT2D eigenvalue weighted by Gasteiger charge is -2.41. The van der Waals surface area contributed by atoms with Crippen LogP contribution in [0.5, 0.6) is 0 Å². The molecule has 0 bridgehead atoms. The van der Waals surface area contributed by atoms with E-state index in [4.69, 9.17) is 21.7 Å². The summed E-state index contributed by atoms with van der Waals surface area (Å²) >= 11 is 0. The van der Waals surface area contributed by atoms with Crippen LogP contribution >= 0.6 is 0 Å². The van der Waals surface area contributed by atoms with E-state index in [9.17, 15) is 9.59 Å². The highest BCUT2D eigenvalue weighted by Gasteiger charge is 2.55. The van der Waals surface area contributed by atoms with Crippen LogP contribution in [0.25, 0.3) is 0 Å². The van der Waals surface area contributed by atoms with E-state index in [1.54, 1.807) is 0 Å². The highest BCUT2D eigenvalue weighted by atomic mass is 16.4. The number of carboxylic acids is 2. The summed E-state index contributed by atoms with van der Waals surface area (Å²) in [6, 6.07) is 0. The predicted octanol–water partition coefficient (Wildman–Crippen LogP) is 2.84. The van der Waals surface area contributed by atoms with Crippen molar-refractivity contribution in [3.05, 3.63) is 0 Å². The Hall–Kier alpha value is -1.14. The first-order chi connectivity index (χ1) is 11.5. The van der Waals surface area contributed by atoms with E-state index in [1.807, 2.05) is 0 Å². The Morgan fingerprint density at radius 2 is 1.92 bits per heavy atom. The Bertz CT molecular complexity index is 470. The number of rotatable bonds is 8. The maximum Gasteiger partial charge on any atom is 0.305 e. The van der Waals surface area contributed by atoms with E-state index < -0.39 is 17.5 Å². The fourth-order valence-corrected chi connectivity index (χ4v) is 4.47. The molecule has 2 fully saturated rings. The maximum atomic E-state index is 10.6. The first-order valence-electron chi connectivity index (χ1n) is 9.46. The van der Waals surface area contributed by atoms with Crippen LogP contribution in [0.1, 0.15) is 72.1 Å². The van der Waals surface area contributed by atoms with Gasteiger partial charge in [-0.1, -0.05) is 27.2 Å². The third-order valence-electron chi connectivity index (χ3n) is 6.19. The van der Waals surface area contributed by atoms with Crippen molar-refractivity contribution in [3.8, 4) is 0 Å². The summed E-state index contributed by atoms with van der Waals surface area (Å²) in [6.45, 7) is 6.97. The molecule has 0 amide bonds. The Kier molecular flexibility index (Phi) is 7.88. The fraction of sp³-hybridized carbons (Fsp3) is 0.895. The molecular formula is C19H36N2O4. The standard InChI is InChI=1S/C10H17NO2.C9H19NO2/c1-9-3-2-7(9)4-10(11,6-9)5-8(12)13;1-3-7(2)4-8(6-10)5-9(11)12/h7H,2-6,11H2,1H3,(H,12,13);7-8H,3-6,10H2,1-2H3,(H,11,12)/t;7-,8+/m.1/s1. The second-order valence-corrected chi connectivity index (χ2v) is 8.65. The van der Waals surface area contributed by atoms with Crippen molar-refractivity contribution in [1.29, 1.82) is 0 Å². The van der Waals surface area contributed by atoms with Crippen LogP contribution < -0.4 is 11.5 Å². The first kappa shape index (κ1) is 21.9. The molecule has 6 nitrogen and oxygen atoms in total. The molecule has 0 aromatic carbocycles. The van der Waals surface area contributed by atoms with Crippen molar-refractivity contribution in [2.75, 3.05) is 6.54 Å². The van der Waals surface area contributed by atoms with Gasteiger partial charge in [-0.25, -0.2) is 0 Å². The lowest BCUT2D eigenvalue weighted by molar-refractivity contribution is -0.139. The highest BCUT2D eigenvalue weighted by molar-refractivity contribution is 5.68. The smallest absolute Gasteiger partial charge is 0.305 e. The quantitative estimate of drug-likeness (QED) is 0.529. The third kappa shape index (κ3) is 6.59. The molecule has 6 N–H and O–H groups in total. The van der Waals surface area contributed by atoms with Gasteiger partial charge >= 0.3 is 11.9 Å². The summed E-state index contributed by atoms with van der Waals surface area (Å²) in [6.07, 6.45) is 6.66. The van der Waals surface area contributed by atoms with Gasteiger partial charge in [0.15, 0.2) is 0 Å². The summed E-state index contributed by atoms with van der Waals surface area (Å²) in [5.74, 6) is -0.0756. The Labute approximate surface area is 151 Å². The molecule has 146 valence electrons. The van der Waals surface area contributed by atoms with Crippen LogP contribution in [0, 0.1) is 23.2 Å². The van der Waals surface area contributed by atoms with Gasteiger partial charge in [0.2, 0.25) is 0 Å². The molecule has 2 aliphatic rings. The number of aliphatic carboxylic acids is 2. The van der Waals surface area contributed by atoms with Crippen molar-refractivity contribution in [2.45, 2.75) is 77.7 Å². The molecular weight excluding hydrogens is 320 g/mol. The van der Waals surface area contributed by atoms with Gasteiger partial charge in [0.25, 0.3) is 0 Å². The second kappa shape index (κ2) is 8.99. The lowest BCUT2D eigenvalue weighted by Crippen LogP contribution is -2.40. The average molecular weight is 357 g/mol. The van der Waals surface area contributed by atoms with Gasteiger partial charge in [-0.3, -0.25) is 9.59 Å². The Morgan fingerprint density at radius 3 is 2.24 bits per heavy atom. The molecule has 5 atom stereocenters. The minimum atomic E-state index is -0.757. The summed E-state index contributed by atoms with van der Waals surface area (Å²) < 4.78 is 0. The fourth-order valence-electron chi connectivity index (χ4n) is 4.47. The normalized spacial score (nSPS) is 32.6. The zero-order chi connectivity index (χ0) is 19.3. The number of fused-ring (bicyclic) bond motifs is 1. The molecule has 0 spiro atoms. The molecule has 2 saturated carbocycles. The summed E-state index contributed by atoms with van der Waals surface area (Å²) in [7, 11) is 0. The van der Waals surface area contributed by atoms with E-state index in [-0.39, 0.29) is 18.8 Å². The number of carboxylic acid groups (broad SMARTS) is 2. The summed E-state index contributed by atoms with van der Waals surface area (Å²) in [5.41, 5.74) is 11.5. The molecule has 6 heteroatoms. The monoisotopic (exact) mass is 356 g/mol.